The van der Waals surface area contributed by atoms with Crippen LogP contribution in [0.2, 0.25) is 5.02 Å². The van der Waals surface area contributed by atoms with Gasteiger partial charge in [-0.3, -0.25) is 0 Å². The Labute approximate surface area is 183 Å². The van der Waals surface area contributed by atoms with Crippen molar-refractivity contribution in [2.45, 2.75) is 19.1 Å². The first-order valence-electron chi connectivity index (χ1n) is 9.37. The van der Waals surface area contributed by atoms with Gasteiger partial charge in [-0.05, 0) is 19.1 Å². The quantitative estimate of drug-likeness (QED) is 0.593. The predicted octanol–water partition coefficient (Wildman–Crippen LogP) is 2.67. The summed E-state index contributed by atoms with van der Waals surface area (Å²) in [5.74, 6) is -0.0680. The minimum Gasteiger partial charge on any atom is -0.482 e. The molecular formula is C19H20ClFN6O3S. The summed E-state index contributed by atoms with van der Waals surface area (Å²) in [5.41, 5.74) is 7.59. The number of hydrogen-bond acceptors (Lipinski definition) is 7. The zero-order valence-corrected chi connectivity index (χ0v) is 18.3. The highest BCUT2D eigenvalue weighted by Gasteiger charge is 2.35. The first-order chi connectivity index (χ1) is 14.6. The fourth-order valence-electron chi connectivity index (χ4n) is 3.20. The minimum absolute atomic E-state index is 0.00994. The van der Waals surface area contributed by atoms with Gasteiger partial charge in [-0.15, -0.1) is 0 Å². The smallest absolute Gasteiger partial charge is 0.211 e. The van der Waals surface area contributed by atoms with Crippen LogP contribution in [-0.2, 0) is 10.0 Å². The lowest BCUT2D eigenvalue weighted by Crippen LogP contribution is -2.50. The molecule has 0 unspecified atom stereocenters. The summed E-state index contributed by atoms with van der Waals surface area (Å²) in [6.45, 7) is 2.38. The van der Waals surface area contributed by atoms with Crippen molar-refractivity contribution >= 4 is 27.4 Å². The summed E-state index contributed by atoms with van der Waals surface area (Å²) >= 11 is 6.05. The molecule has 1 aliphatic heterocycles. The number of rotatable bonds is 6. The molecule has 9 nitrogen and oxygen atoms in total. The van der Waals surface area contributed by atoms with Crippen LogP contribution in [0.3, 0.4) is 0 Å². The Balaban J connectivity index is 1.52. The second-order valence-corrected chi connectivity index (χ2v) is 9.65. The molecule has 164 valence electrons. The van der Waals surface area contributed by atoms with Gasteiger partial charge in [0.15, 0.2) is 11.6 Å². The average Bonchev–Trinajstić information content (AvgIpc) is 3.13. The Morgan fingerprint density at radius 3 is 2.77 bits per heavy atom. The van der Waals surface area contributed by atoms with E-state index in [1.165, 1.54) is 21.4 Å². The van der Waals surface area contributed by atoms with E-state index in [2.05, 4.69) is 15.2 Å². The van der Waals surface area contributed by atoms with E-state index in [-0.39, 0.29) is 16.9 Å². The number of aromatic nitrogens is 4. The fraction of sp³-hybridized carbons (Fsp3) is 0.316. The number of nitrogens with zero attached hydrogens (tertiary/aromatic N) is 5. The van der Waals surface area contributed by atoms with Crippen LogP contribution in [0.25, 0.3) is 11.3 Å². The van der Waals surface area contributed by atoms with Gasteiger partial charge in [0.25, 0.3) is 0 Å². The van der Waals surface area contributed by atoms with Crippen LogP contribution < -0.4 is 10.5 Å². The molecule has 0 bridgehead atoms. The molecule has 0 radical (unpaired) electrons. The lowest BCUT2D eigenvalue weighted by Gasteiger charge is -2.35. The summed E-state index contributed by atoms with van der Waals surface area (Å²) in [5, 5.41) is 8.66. The predicted molar refractivity (Wildman–Crippen MR) is 114 cm³/mol. The molecule has 1 saturated heterocycles. The van der Waals surface area contributed by atoms with E-state index in [0.29, 0.717) is 35.7 Å². The van der Waals surface area contributed by atoms with Crippen molar-refractivity contribution in [1.82, 2.24) is 24.3 Å². The molecule has 0 spiro atoms. The van der Waals surface area contributed by atoms with E-state index in [4.69, 9.17) is 22.1 Å². The van der Waals surface area contributed by atoms with Crippen molar-refractivity contribution in [1.29, 1.82) is 0 Å². The lowest BCUT2D eigenvalue weighted by atomic mass is 10.1. The molecule has 1 fully saturated rings. The topological polar surface area (TPSA) is 116 Å². The number of nitrogen functional groups attached to an aromatic ring is 1. The molecule has 1 atom stereocenters. The zero-order valence-electron chi connectivity index (χ0n) is 16.7. The Bertz CT molecular complexity index is 1230. The fourth-order valence-corrected chi connectivity index (χ4v) is 4.36. The van der Waals surface area contributed by atoms with Gasteiger partial charge in [0.05, 0.1) is 23.5 Å². The van der Waals surface area contributed by atoms with Crippen molar-refractivity contribution in [2.75, 3.05) is 25.1 Å². The molecule has 0 amide bonds. The van der Waals surface area contributed by atoms with Crippen molar-refractivity contribution in [2.24, 2.45) is 0 Å². The van der Waals surface area contributed by atoms with Crippen LogP contribution in [0.15, 0.2) is 36.7 Å². The Morgan fingerprint density at radius 1 is 1.32 bits per heavy atom. The van der Waals surface area contributed by atoms with Gasteiger partial charge in [0.1, 0.15) is 17.6 Å². The van der Waals surface area contributed by atoms with Gasteiger partial charge >= 0.3 is 0 Å². The summed E-state index contributed by atoms with van der Waals surface area (Å²) < 4.78 is 44.1. The normalized spacial score (nSPS) is 16.1. The molecule has 3 aromatic rings. The number of halogens is 2. The van der Waals surface area contributed by atoms with Crippen molar-refractivity contribution in [3.63, 3.8) is 0 Å². The minimum atomic E-state index is -3.21. The van der Waals surface area contributed by atoms with Crippen molar-refractivity contribution < 1.29 is 17.5 Å². The second-order valence-electron chi connectivity index (χ2n) is 7.29. The van der Waals surface area contributed by atoms with Gasteiger partial charge in [0.2, 0.25) is 10.0 Å². The third-order valence-corrected chi connectivity index (χ3v) is 6.67. The molecule has 0 saturated carbocycles. The summed E-state index contributed by atoms with van der Waals surface area (Å²) in [6.07, 6.45) is 3.70. The zero-order chi connectivity index (χ0) is 22.3. The Kier molecular flexibility index (Phi) is 5.58. The largest absolute Gasteiger partial charge is 0.482 e. The number of pyridine rings is 1. The van der Waals surface area contributed by atoms with E-state index < -0.39 is 21.9 Å². The van der Waals surface area contributed by atoms with Gasteiger partial charge < -0.3 is 10.5 Å². The van der Waals surface area contributed by atoms with E-state index in [1.54, 1.807) is 37.5 Å². The summed E-state index contributed by atoms with van der Waals surface area (Å²) in [7, 11) is -3.21. The van der Waals surface area contributed by atoms with Crippen LogP contribution in [0.4, 0.5) is 10.2 Å². The van der Waals surface area contributed by atoms with Gasteiger partial charge in [-0.1, -0.05) is 23.7 Å². The first kappa shape index (κ1) is 21.5. The lowest BCUT2D eigenvalue weighted by molar-refractivity contribution is 0.177. The van der Waals surface area contributed by atoms with Crippen molar-refractivity contribution in [3.05, 3.63) is 53.1 Å². The number of nitrogens with two attached hydrogens (primary N) is 1. The molecule has 1 aromatic carbocycles. The van der Waals surface area contributed by atoms with E-state index >= 15 is 0 Å². The third-order valence-electron chi connectivity index (χ3n) is 5.03. The average molecular weight is 467 g/mol. The highest BCUT2D eigenvalue weighted by atomic mass is 35.5. The number of sulfonamides is 1. The van der Waals surface area contributed by atoms with Crippen LogP contribution in [0.1, 0.15) is 24.6 Å². The maximum Gasteiger partial charge on any atom is 0.211 e. The summed E-state index contributed by atoms with van der Waals surface area (Å²) in [4.78, 5) is 5.65. The van der Waals surface area contributed by atoms with Gasteiger partial charge in [-0.2, -0.15) is 19.3 Å². The first-order valence-corrected chi connectivity index (χ1v) is 11.6. The molecule has 2 aromatic heterocycles. The number of benzene rings is 1. The Morgan fingerprint density at radius 2 is 2.06 bits per heavy atom. The SMILES string of the molecule is C[C@@H](Oc1cc(-c2cnn(C3CN(S(C)(=O)=O)C3)n2)cnc1N)c1cccc(F)c1Cl. The third kappa shape index (κ3) is 4.34. The maximum atomic E-state index is 13.8. The second kappa shape index (κ2) is 8.06. The van der Waals surface area contributed by atoms with Crippen LogP contribution in [0.5, 0.6) is 5.75 Å². The summed E-state index contributed by atoms with van der Waals surface area (Å²) in [6, 6.07) is 6.04. The maximum absolute atomic E-state index is 13.8. The molecule has 0 aliphatic carbocycles. The molecule has 4 rings (SSSR count). The number of anilines is 1. The molecule has 2 N–H and O–H groups in total. The molecule has 1 aliphatic rings. The van der Waals surface area contributed by atoms with Gasteiger partial charge in [-0.25, -0.2) is 17.8 Å². The van der Waals surface area contributed by atoms with E-state index in [9.17, 15) is 12.8 Å². The molecular weight excluding hydrogens is 447 g/mol. The number of ether oxygens (including phenoxy) is 1. The molecule has 3 heterocycles. The van der Waals surface area contributed by atoms with Gasteiger partial charge in [0, 0.05) is 30.4 Å². The standard InChI is InChI=1S/C19H20ClFN6O3S/c1-11(14-4-3-5-15(21)18(14)20)30-17-6-12(7-23-19(17)22)16-8-24-27(25-16)13-9-26(10-13)31(2,28)29/h3-8,11,13H,9-10H2,1-2H3,(H2,22,23)/t11-/m1/s1. The van der Waals surface area contributed by atoms with Crippen LogP contribution in [-0.4, -0.2) is 52.0 Å². The van der Waals surface area contributed by atoms with E-state index in [1.807, 2.05) is 0 Å². The van der Waals surface area contributed by atoms with Crippen molar-refractivity contribution in [3.8, 4) is 17.0 Å². The Hall–Kier alpha value is -2.76. The van der Waals surface area contributed by atoms with E-state index in [0.717, 1.165) is 0 Å². The molecule has 31 heavy (non-hydrogen) atoms. The van der Waals surface area contributed by atoms with Crippen LogP contribution in [0, 0.1) is 5.82 Å². The van der Waals surface area contributed by atoms with Crippen LogP contribution >= 0.6 is 11.6 Å². The highest BCUT2D eigenvalue weighted by Crippen LogP contribution is 2.33. The number of hydrogen-bond donors (Lipinski definition) is 1. The highest BCUT2D eigenvalue weighted by molar-refractivity contribution is 7.88. The monoisotopic (exact) mass is 466 g/mol. The molecule has 12 heteroatoms.